The summed E-state index contributed by atoms with van der Waals surface area (Å²) in [6, 6.07) is 10.3. The second-order valence-corrected chi connectivity index (χ2v) is 8.03. The lowest BCUT2D eigenvalue weighted by atomic mass is 9.93. The maximum absolute atomic E-state index is 12.8. The van der Waals surface area contributed by atoms with Gasteiger partial charge in [0, 0.05) is 17.5 Å². The molecule has 0 bridgehead atoms. The summed E-state index contributed by atoms with van der Waals surface area (Å²) in [6.07, 6.45) is 3.56. The molecule has 1 saturated heterocycles. The zero-order valence-corrected chi connectivity index (χ0v) is 16.4. The van der Waals surface area contributed by atoms with Crippen LogP contribution >= 0.6 is 11.3 Å². The third-order valence-corrected chi connectivity index (χ3v) is 6.39. The van der Waals surface area contributed by atoms with Crippen LogP contribution in [0.3, 0.4) is 0 Å². The summed E-state index contributed by atoms with van der Waals surface area (Å²) >= 11 is 1.49. The molecule has 5 nitrogen and oxygen atoms in total. The van der Waals surface area contributed by atoms with Gasteiger partial charge >= 0.3 is 0 Å². The molecule has 1 fully saturated rings. The Hall–Kier alpha value is -2.31. The Morgan fingerprint density at radius 3 is 2.96 bits per heavy atom. The van der Waals surface area contributed by atoms with Crippen LogP contribution in [0.1, 0.15) is 32.9 Å². The fourth-order valence-electron chi connectivity index (χ4n) is 3.62. The molecule has 0 spiro atoms. The fraction of sp³-hybridized carbons (Fsp3) is 0.381. The molecule has 1 N–H and O–H groups in total. The van der Waals surface area contributed by atoms with Crippen LogP contribution in [-0.4, -0.2) is 35.1 Å². The number of para-hydroxylation sites is 1. The lowest BCUT2D eigenvalue weighted by Crippen LogP contribution is -2.40. The van der Waals surface area contributed by atoms with Gasteiger partial charge in [0.1, 0.15) is 4.88 Å². The summed E-state index contributed by atoms with van der Waals surface area (Å²) in [5.74, 6) is 0.211. The molecule has 6 heteroatoms. The summed E-state index contributed by atoms with van der Waals surface area (Å²) < 4.78 is 5.70. The van der Waals surface area contributed by atoms with Crippen molar-refractivity contribution < 1.29 is 9.53 Å². The van der Waals surface area contributed by atoms with Crippen LogP contribution in [0.2, 0.25) is 0 Å². The number of rotatable bonds is 5. The van der Waals surface area contributed by atoms with E-state index in [1.54, 1.807) is 0 Å². The van der Waals surface area contributed by atoms with Crippen LogP contribution in [0.5, 0.6) is 0 Å². The molecule has 0 radical (unpaired) electrons. The van der Waals surface area contributed by atoms with Crippen molar-refractivity contribution in [2.24, 2.45) is 5.92 Å². The Balaban J connectivity index is 1.50. The SMILES string of the molecule is CCc1nc(C)c(C(=O)N[C@@H]2COC[C@H]2Cc2ccnc3ccccc23)s1. The Bertz CT molecular complexity index is 964. The van der Waals surface area contributed by atoms with Crippen molar-refractivity contribution in [3.05, 3.63) is 57.7 Å². The number of aryl methyl sites for hydroxylation is 2. The number of pyridine rings is 1. The van der Waals surface area contributed by atoms with Gasteiger partial charge in [-0.2, -0.15) is 0 Å². The quantitative estimate of drug-likeness (QED) is 0.734. The van der Waals surface area contributed by atoms with Crippen molar-refractivity contribution in [3.63, 3.8) is 0 Å². The smallest absolute Gasteiger partial charge is 0.263 e. The molecular formula is C21H23N3O2S. The fourth-order valence-corrected chi connectivity index (χ4v) is 4.53. The van der Waals surface area contributed by atoms with E-state index in [4.69, 9.17) is 4.74 Å². The van der Waals surface area contributed by atoms with Gasteiger partial charge in [-0.15, -0.1) is 11.3 Å². The van der Waals surface area contributed by atoms with Gasteiger partial charge in [0.05, 0.1) is 35.5 Å². The number of carbonyl (C=O) groups excluding carboxylic acids is 1. The summed E-state index contributed by atoms with van der Waals surface area (Å²) in [7, 11) is 0. The molecule has 3 heterocycles. The van der Waals surface area contributed by atoms with Gasteiger partial charge in [0.25, 0.3) is 5.91 Å². The molecule has 140 valence electrons. The average molecular weight is 382 g/mol. The lowest BCUT2D eigenvalue weighted by molar-refractivity contribution is 0.0928. The molecule has 1 aromatic carbocycles. The highest BCUT2D eigenvalue weighted by molar-refractivity contribution is 7.13. The van der Waals surface area contributed by atoms with E-state index >= 15 is 0 Å². The third kappa shape index (κ3) is 3.73. The molecular weight excluding hydrogens is 358 g/mol. The number of nitrogens with one attached hydrogen (secondary N) is 1. The van der Waals surface area contributed by atoms with E-state index in [2.05, 4.69) is 34.3 Å². The molecule has 0 unspecified atom stereocenters. The van der Waals surface area contributed by atoms with E-state index in [1.165, 1.54) is 22.3 Å². The topological polar surface area (TPSA) is 64.1 Å². The van der Waals surface area contributed by atoms with Gasteiger partial charge < -0.3 is 10.1 Å². The van der Waals surface area contributed by atoms with Crippen LogP contribution in [0.4, 0.5) is 0 Å². The lowest BCUT2D eigenvalue weighted by Gasteiger charge is -2.19. The Kier molecular flexibility index (Phi) is 5.18. The molecule has 1 aliphatic rings. The maximum atomic E-state index is 12.8. The number of ether oxygens (including phenoxy) is 1. The minimum absolute atomic E-state index is 0.0102. The zero-order valence-electron chi connectivity index (χ0n) is 15.6. The second-order valence-electron chi connectivity index (χ2n) is 6.94. The first-order chi connectivity index (χ1) is 13.2. The minimum Gasteiger partial charge on any atom is -0.379 e. The average Bonchev–Trinajstić information content (AvgIpc) is 3.28. The largest absolute Gasteiger partial charge is 0.379 e. The molecule has 2 aromatic heterocycles. The predicted octanol–water partition coefficient (Wildman–Crippen LogP) is 3.55. The van der Waals surface area contributed by atoms with Gasteiger partial charge in [0.2, 0.25) is 0 Å². The molecule has 2 atom stereocenters. The van der Waals surface area contributed by atoms with Crippen LogP contribution in [0.15, 0.2) is 36.5 Å². The monoisotopic (exact) mass is 381 g/mol. The van der Waals surface area contributed by atoms with Gasteiger partial charge in [-0.05, 0) is 37.5 Å². The van der Waals surface area contributed by atoms with Gasteiger partial charge in [-0.25, -0.2) is 4.98 Å². The second kappa shape index (κ2) is 7.74. The Morgan fingerprint density at radius 1 is 1.30 bits per heavy atom. The van der Waals surface area contributed by atoms with E-state index in [-0.39, 0.29) is 17.9 Å². The number of hydrogen-bond donors (Lipinski definition) is 1. The Morgan fingerprint density at radius 2 is 2.15 bits per heavy atom. The number of nitrogens with zero attached hydrogens (tertiary/aromatic N) is 2. The van der Waals surface area contributed by atoms with E-state index < -0.39 is 0 Å². The van der Waals surface area contributed by atoms with Crippen LogP contribution in [-0.2, 0) is 17.6 Å². The number of benzene rings is 1. The first kappa shape index (κ1) is 18.1. The van der Waals surface area contributed by atoms with Crippen molar-refractivity contribution in [2.75, 3.05) is 13.2 Å². The highest BCUT2D eigenvalue weighted by Gasteiger charge is 2.31. The van der Waals surface area contributed by atoms with Gasteiger partial charge in [0.15, 0.2) is 0 Å². The maximum Gasteiger partial charge on any atom is 0.263 e. The van der Waals surface area contributed by atoms with Gasteiger partial charge in [-0.1, -0.05) is 25.1 Å². The van der Waals surface area contributed by atoms with Crippen LogP contribution < -0.4 is 5.32 Å². The third-order valence-electron chi connectivity index (χ3n) is 5.09. The van der Waals surface area contributed by atoms with Crippen LogP contribution in [0, 0.1) is 12.8 Å². The molecule has 1 amide bonds. The highest BCUT2D eigenvalue weighted by atomic mass is 32.1. The summed E-state index contributed by atoms with van der Waals surface area (Å²) in [4.78, 5) is 22.4. The molecule has 0 saturated carbocycles. The van der Waals surface area contributed by atoms with Crippen molar-refractivity contribution in [1.82, 2.24) is 15.3 Å². The summed E-state index contributed by atoms with van der Waals surface area (Å²) in [5.41, 5.74) is 3.06. The standard InChI is InChI=1S/C21H23N3O2S/c1-3-19-23-13(2)20(27-19)21(25)24-18-12-26-11-15(18)10-14-8-9-22-17-7-5-4-6-16(14)17/h4-9,15,18H,3,10-12H2,1-2H3,(H,24,25)/t15-,18-/m1/s1. The molecule has 3 aromatic rings. The van der Waals surface area contributed by atoms with Crippen LogP contribution in [0.25, 0.3) is 10.9 Å². The van der Waals surface area contributed by atoms with Crippen molar-refractivity contribution in [3.8, 4) is 0 Å². The summed E-state index contributed by atoms with van der Waals surface area (Å²) in [6.45, 7) is 5.16. The first-order valence-corrected chi connectivity index (χ1v) is 10.1. The number of amides is 1. The number of hydrogen-bond acceptors (Lipinski definition) is 5. The minimum atomic E-state index is -0.0372. The zero-order chi connectivity index (χ0) is 18.8. The number of carbonyl (C=O) groups is 1. The normalized spacial score (nSPS) is 19.5. The molecule has 1 aliphatic heterocycles. The molecule has 4 rings (SSSR count). The van der Waals surface area contributed by atoms with E-state index in [0.29, 0.717) is 18.1 Å². The Labute approximate surface area is 162 Å². The molecule has 27 heavy (non-hydrogen) atoms. The number of thiazole rings is 1. The van der Waals surface area contributed by atoms with E-state index in [0.717, 1.165) is 29.1 Å². The first-order valence-electron chi connectivity index (χ1n) is 9.33. The summed E-state index contributed by atoms with van der Waals surface area (Å²) in [5, 5.41) is 5.35. The number of aromatic nitrogens is 2. The van der Waals surface area contributed by atoms with E-state index in [1.807, 2.05) is 31.3 Å². The van der Waals surface area contributed by atoms with Gasteiger partial charge in [-0.3, -0.25) is 9.78 Å². The molecule has 0 aliphatic carbocycles. The van der Waals surface area contributed by atoms with E-state index in [9.17, 15) is 4.79 Å². The number of fused-ring (bicyclic) bond motifs is 1. The van der Waals surface area contributed by atoms with Crippen molar-refractivity contribution in [2.45, 2.75) is 32.7 Å². The highest BCUT2D eigenvalue weighted by Crippen LogP contribution is 2.25. The predicted molar refractivity (Wildman–Crippen MR) is 107 cm³/mol. The van der Waals surface area contributed by atoms with Crippen molar-refractivity contribution in [1.29, 1.82) is 0 Å². The van der Waals surface area contributed by atoms with Crippen molar-refractivity contribution >= 4 is 28.1 Å².